The highest BCUT2D eigenvalue weighted by atomic mass is 32.2. The Morgan fingerprint density at radius 1 is 1.32 bits per heavy atom. The molecule has 0 unspecified atom stereocenters. The molecule has 0 spiro atoms. The third-order valence-electron chi connectivity index (χ3n) is 2.16. The lowest BCUT2D eigenvalue weighted by molar-refractivity contribution is -0.0501. The van der Waals surface area contributed by atoms with Gasteiger partial charge in [-0.25, -0.2) is 4.79 Å². The van der Waals surface area contributed by atoms with Crippen molar-refractivity contribution >= 4 is 16.3 Å². The molecule has 0 saturated heterocycles. The Hall–Kier alpha value is -2.68. The Labute approximate surface area is 141 Å². The van der Waals surface area contributed by atoms with Crippen molar-refractivity contribution in [1.82, 2.24) is 4.98 Å². The van der Waals surface area contributed by atoms with E-state index in [9.17, 15) is 31.2 Å². The second-order valence-electron chi connectivity index (χ2n) is 3.66. The fourth-order valence-electron chi connectivity index (χ4n) is 1.21. The molecule has 2 N–H and O–H groups in total. The van der Waals surface area contributed by atoms with Crippen LogP contribution in [0, 0.1) is 19.8 Å². The second-order valence-corrected chi connectivity index (χ2v) is 5.20. The Balaban J connectivity index is 0. The standard InChI is InChI=1S/C9H8F3NO7S.C2H6.C2H2/c1-4-2-6(20-21(17,18)9(10,11)12)13-7(14)5(4)3-19-8(15)16;2*1-2/h2H,3H2,1H3,(H,13,14)(H,15,16);1-2H3;1-2H. The van der Waals surface area contributed by atoms with Crippen molar-refractivity contribution in [3.05, 3.63) is 27.5 Å². The third kappa shape index (κ3) is 7.62. The minimum atomic E-state index is -5.92. The normalized spacial score (nSPS) is 10.4. The van der Waals surface area contributed by atoms with Gasteiger partial charge in [0.1, 0.15) is 6.61 Å². The molecule has 0 atom stereocenters. The van der Waals surface area contributed by atoms with Crippen LogP contribution in [-0.4, -0.2) is 30.2 Å². The Bertz CT molecular complexity index is 751. The number of terminal acetylenes is 1. The van der Waals surface area contributed by atoms with Gasteiger partial charge in [-0.3, -0.25) is 9.78 Å². The van der Waals surface area contributed by atoms with E-state index in [1.54, 1.807) is 4.98 Å². The van der Waals surface area contributed by atoms with Gasteiger partial charge in [-0.1, -0.05) is 13.8 Å². The molecular weight excluding hydrogens is 371 g/mol. The molecular formula is C13H16F3NO7S. The number of halogens is 3. The highest BCUT2D eigenvalue weighted by molar-refractivity contribution is 7.87. The number of carboxylic acid groups (broad SMARTS) is 1. The van der Waals surface area contributed by atoms with Gasteiger partial charge in [-0.05, 0) is 12.5 Å². The lowest BCUT2D eigenvalue weighted by atomic mass is 10.2. The van der Waals surface area contributed by atoms with Crippen LogP contribution in [0.5, 0.6) is 5.88 Å². The number of alkyl halides is 3. The van der Waals surface area contributed by atoms with Crippen LogP contribution in [0.2, 0.25) is 0 Å². The van der Waals surface area contributed by atoms with Crippen LogP contribution in [0.4, 0.5) is 18.0 Å². The maximum Gasteiger partial charge on any atom is 0.534 e. The number of carbonyl (C=O) groups is 1. The van der Waals surface area contributed by atoms with Crippen LogP contribution in [0.25, 0.3) is 0 Å². The van der Waals surface area contributed by atoms with Crippen LogP contribution in [0.3, 0.4) is 0 Å². The van der Waals surface area contributed by atoms with Crippen molar-refractivity contribution < 1.29 is 40.4 Å². The van der Waals surface area contributed by atoms with Gasteiger partial charge in [0.25, 0.3) is 5.56 Å². The summed E-state index contributed by atoms with van der Waals surface area (Å²) in [6.07, 6.45) is 6.34. The van der Waals surface area contributed by atoms with E-state index >= 15 is 0 Å². The first-order valence-electron chi connectivity index (χ1n) is 6.36. The molecule has 0 aliphatic heterocycles. The molecule has 1 heterocycles. The molecule has 0 aliphatic rings. The molecule has 1 aromatic heterocycles. The molecule has 1 aromatic rings. The summed E-state index contributed by atoms with van der Waals surface area (Å²) < 4.78 is 65.8. The van der Waals surface area contributed by atoms with Crippen LogP contribution in [-0.2, 0) is 21.5 Å². The maximum atomic E-state index is 12.1. The van der Waals surface area contributed by atoms with Crippen LogP contribution in [0.15, 0.2) is 10.9 Å². The zero-order valence-electron chi connectivity index (χ0n) is 13.4. The summed E-state index contributed by atoms with van der Waals surface area (Å²) in [5, 5.41) is 8.29. The largest absolute Gasteiger partial charge is 0.534 e. The SMILES string of the molecule is C#C.CC.Cc1cc(OS(=O)(=O)C(F)(F)F)[nH]c(=O)c1COC(=O)O. The molecule has 0 amide bonds. The number of aromatic nitrogens is 1. The third-order valence-corrected chi connectivity index (χ3v) is 3.12. The smallest absolute Gasteiger partial charge is 0.450 e. The number of H-pyrrole nitrogens is 1. The molecule has 142 valence electrons. The van der Waals surface area contributed by atoms with E-state index < -0.39 is 39.8 Å². The average molecular weight is 387 g/mol. The molecule has 8 nitrogen and oxygen atoms in total. The Morgan fingerprint density at radius 2 is 1.80 bits per heavy atom. The molecule has 1 rings (SSSR count). The molecule has 0 radical (unpaired) electrons. The van der Waals surface area contributed by atoms with E-state index in [0.717, 1.165) is 6.07 Å². The fourth-order valence-corrected chi connectivity index (χ4v) is 1.63. The molecule has 25 heavy (non-hydrogen) atoms. The number of ether oxygens (including phenoxy) is 1. The minimum absolute atomic E-state index is 0.00706. The summed E-state index contributed by atoms with van der Waals surface area (Å²) in [6.45, 7) is 4.59. The Morgan fingerprint density at radius 3 is 2.16 bits per heavy atom. The zero-order valence-corrected chi connectivity index (χ0v) is 14.2. The van der Waals surface area contributed by atoms with Crippen molar-refractivity contribution in [1.29, 1.82) is 0 Å². The summed E-state index contributed by atoms with van der Waals surface area (Å²) in [7, 11) is -5.92. The predicted octanol–water partition coefficient (Wildman–Crippen LogP) is 2.38. The van der Waals surface area contributed by atoms with Gasteiger partial charge in [0.05, 0.1) is 5.56 Å². The molecule has 0 aliphatic carbocycles. The van der Waals surface area contributed by atoms with Crippen molar-refractivity contribution in [3.63, 3.8) is 0 Å². The van der Waals surface area contributed by atoms with Crippen molar-refractivity contribution in [2.75, 3.05) is 0 Å². The lowest BCUT2D eigenvalue weighted by Crippen LogP contribution is -2.29. The maximum absolute atomic E-state index is 12.1. The Kier molecular flexibility index (Phi) is 10.1. The van der Waals surface area contributed by atoms with Crippen molar-refractivity contribution in [2.45, 2.75) is 32.9 Å². The number of aryl methyl sites for hydroxylation is 1. The first-order valence-corrected chi connectivity index (χ1v) is 7.77. The number of hydrogen-bond donors (Lipinski definition) is 2. The summed E-state index contributed by atoms with van der Waals surface area (Å²) in [4.78, 5) is 23.5. The van der Waals surface area contributed by atoms with Gasteiger partial charge < -0.3 is 14.0 Å². The van der Waals surface area contributed by atoms with Crippen LogP contribution < -0.4 is 9.74 Å². The van der Waals surface area contributed by atoms with Crippen molar-refractivity contribution in [3.8, 4) is 18.7 Å². The summed E-state index contributed by atoms with van der Waals surface area (Å²) in [5.74, 6) is -0.950. The van der Waals surface area contributed by atoms with Gasteiger partial charge in [0.15, 0.2) is 0 Å². The number of pyridine rings is 1. The van der Waals surface area contributed by atoms with Gasteiger partial charge in [0.2, 0.25) is 5.88 Å². The van der Waals surface area contributed by atoms with Gasteiger partial charge in [0, 0.05) is 6.07 Å². The van der Waals surface area contributed by atoms with E-state index in [-0.39, 0.29) is 11.1 Å². The first-order chi connectivity index (χ1) is 11.4. The van der Waals surface area contributed by atoms with E-state index in [2.05, 4.69) is 21.8 Å². The first kappa shape index (κ1) is 24.6. The topological polar surface area (TPSA) is 123 Å². The fraction of sp³-hybridized carbons (Fsp3) is 0.385. The quantitative estimate of drug-likeness (QED) is 0.352. The summed E-state index contributed by atoms with van der Waals surface area (Å²) in [6, 6.07) is 0.797. The van der Waals surface area contributed by atoms with Gasteiger partial charge in [-0.15, -0.1) is 12.8 Å². The van der Waals surface area contributed by atoms with E-state index in [0.29, 0.717) is 0 Å². The second kappa shape index (κ2) is 10.2. The molecule has 0 fully saturated rings. The van der Waals surface area contributed by atoms with Gasteiger partial charge in [-0.2, -0.15) is 21.6 Å². The number of aromatic amines is 1. The molecule has 0 saturated carbocycles. The highest BCUT2D eigenvalue weighted by Gasteiger charge is 2.48. The average Bonchev–Trinajstić information content (AvgIpc) is 2.48. The monoisotopic (exact) mass is 387 g/mol. The molecule has 0 aromatic carbocycles. The van der Waals surface area contributed by atoms with E-state index in [1.165, 1.54) is 6.92 Å². The number of nitrogens with one attached hydrogen (secondary N) is 1. The van der Waals surface area contributed by atoms with Crippen molar-refractivity contribution in [2.24, 2.45) is 0 Å². The minimum Gasteiger partial charge on any atom is -0.450 e. The van der Waals surface area contributed by atoms with Crippen LogP contribution in [0.1, 0.15) is 25.0 Å². The number of rotatable bonds is 4. The van der Waals surface area contributed by atoms with E-state index in [1.807, 2.05) is 13.8 Å². The van der Waals surface area contributed by atoms with Gasteiger partial charge >= 0.3 is 21.8 Å². The molecule has 12 heteroatoms. The predicted molar refractivity (Wildman–Crippen MR) is 81.5 cm³/mol. The lowest BCUT2D eigenvalue weighted by Gasteiger charge is -2.11. The highest BCUT2D eigenvalue weighted by Crippen LogP contribution is 2.26. The van der Waals surface area contributed by atoms with E-state index in [4.69, 9.17) is 5.11 Å². The van der Waals surface area contributed by atoms with Crippen LogP contribution >= 0.6 is 0 Å². The molecule has 0 bridgehead atoms. The summed E-state index contributed by atoms with van der Waals surface area (Å²) >= 11 is 0. The summed E-state index contributed by atoms with van der Waals surface area (Å²) in [5.41, 5.74) is -6.90. The number of hydrogen-bond acceptors (Lipinski definition) is 6. The zero-order chi connectivity index (χ0) is 20.4.